The molecular weight excluding hydrogens is 257 g/mol. The minimum Gasteiger partial charge on any atom is -0.376 e. The van der Waals surface area contributed by atoms with Crippen LogP contribution in [-0.2, 0) is 9.53 Å². The van der Waals surface area contributed by atoms with Crippen molar-refractivity contribution in [3.8, 4) is 0 Å². The molecule has 4 heteroatoms. The Balaban J connectivity index is 1.75. The summed E-state index contributed by atoms with van der Waals surface area (Å²) in [4.78, 5) is 12.2. The molecule has 1 aliphatic carbocycles. The molecule has 0 spiro atoms. The van der Waals surface area contributed by atoms with Crippen LogP contribution >= 0.6 is 0 Å². The Kier molecular flexibility index (Phi) is 4.01. The van der Waals surface area contributed by atoms with Crippen molar-refractivity contribution in [2.24, 2.45) is 5.92 Å². The maximum atomic E-state index is 13.1. The lowest BCUT2D eigenvalue weighted by Crippen LogP contribution is -2.41. The van der Waals surface area contributed by atoms with Crippen molar-refractivity contribution in [2.45, 2.75) is 44.2 Å². The largest absolute Gasteiger partial charge is 0.376 e. The van der Waals surface area contributed by atoms with Gasteiger partial charge in [-0.15, -0.1) is 0 Å². The van der Waals surface area contributed by atoms with Gasteiger partial charge in [0.1, 0.15) is 5.82 Å². The third kappa shape index (κ3) is 2.85. The van der Waals surface area contributed by atoms with Gasteiger partial charge in [0.05, 0.1) is 12.1 Å². The fraction of sp³-hybridized carbons (Fsp3) is 0.562. The Hall–Kier alpha value is -1.42. The van der Waals surface area contributed by atoms with Crippen molar-refractivity contribution in [3.05, 3.63) is 35.6 Å². The van der Waals surface area contributed by atoms with Gasteiger partial charge < -0.3 is 10.1 Å². The summed E-state index contributed by atoms with van der Waals surface area (Å²) in [5.74, 6) is 0.00517. The van der Waals surface area contributed by atoms with E-state index in [0.29, 0.717) is 0 Å². The van der Waals surface area contributed by atoms with E-state index < -0.39 is 0 Å². The first-order valence-electron chi connectivity index (χ1n) is 7.41. The average Bonchev–Trinajstić information content (AvgIpc) is 2.88. The van der Waals surface area contributed by atoms with Gasteiger partial charge in [-0.2, -0.15) is 0 Å². The second kappa shape index (κ2) is 5.92. The molecule has 1 N–H and O–H groups in total. The molecule has 20 heavy (non-hydrogen) atoms. The van der Waals surface area contributed by atoms with Crippen LogP contribution in [-0.4, -0.2) is 18.6 Å². The predicted molar refractivity (Wildman–Crippen MR) is 73.6 cm³/mol. The Morgan fingerprint density at radius 1 is 1.20 bits per heavy atom. The van der Waals surface area contributed by atoms with Crippen LogP contribution in [0.4, 0.5) is 4.39 Å². The van der Waals surface area contributed by atoms with E-state index in [9.17, 15) is 9.18 Å². The molecular formula is C16H20FNO2. The van der Waals surface area contributed by atoms with Crippen LogP contribution in [0.5, 0.6) is 0 Å². The van der Waals surface area contributed by atoms with Crippen LogP contribution < -0.4 is 5.32 Å². The smallest absolute Gasteiger partial charge is 0.223 e. The number of halogens is 1. The highest BCUT2D eigenvalue weighted by molar-refractivity contribution is 5.79. The van der Waals surface area contributed by atoms with Crippen molar-refractivity contribution in [1.29, 1.82) is 0 Å². The zero-order valence-corrected chi connectivity index (χ0v) is 11.5. The summed E-state index contributed by atoms with van der Waals surface area (Å²) < 4.78 is 18.8. The van der Waals surface area contributed by atoms with Crippen molar-refractivity contribution in [3.63, 3.8) is 0 Å². The Morgan fingerprint density at radius 2 is 1.95 bits per heavy atom. The summed E-state index contributed by atoms with van der Waals surface area (Å²) >= 11 is 0. The zero-order chi connectivity index (χ0) is 13.9. The number of amides is 1. The number of hydrogen-bond donors (Lipinski definition) is 1. The van der Waals surface area contributed by atoms with Gasteiger partial charge in [-0.3, -0.25) is 4.79 Å². The lowest BCUT2D eigenvalue weighted by molar-refractivity contribution is -0.129. The lowest BCUT2D eigenvalue weighted by atomic mass is 9.84. The molecule has 0 aromatic heterocycles. The van der Waals surface area contributed by atoms with Crippen molar-refractivity contribution in [2.75, 3.05) is 6.61 Å². The molecule has 0 bridgehead atoms. The zero-order valence-electron chi connectivity index (χ0n) is 11.5. The van der Waals surface area contributed by atoms with Gasteiger partial charge in [0.25, 0.3) is 0 Å². The maximum Gasteiger partial charge on any atom is 0.223 e. The van der Waals surface area contributed by atoms with E-state index in [-0.39, 0.29) is 29.8 Å². The Labute approximate surface area is 118 Å². The van der Waals surface area contributed by atoms with E-state index in [4.69, 9.17) is 4.74 Å². The molecule has 108 valence electrons. The van der Waals surface area contributed by atoms with Crippen molar-refractivity contribution in [1.82, 2.24) is 5.32 Å². The summed E-state index contributed by atoms with van der Waals surface area (Å²) in [7, 11) is 0. The minimum absolute atomic E-state index is 0.00416. The van der Waals surface area contributed by atoms with E-state index in [1.807, 2.05) is 0 Å². The van der Waals surface area contributed by atoms with E-state index in [2.05, 4.69) is 5.32 Å². The number of carbonyl (C=O) groups excluding carboxylic acids is 1. The molecule has 2 aliphatic rings. The Morgan fingerprint density at radius 3 is 2.50 bits per heavy atom. The summed E-state index contributed by atoms with van der Waals surface area (Å²) in [5.41, 5.74) is 0.922. The van der Waals surface area contributed by atoms with Crippen molar-refractivity contribution >= 4 is 5.91 Å². The van der Waals surface area contributed by atoms with Gasteiger partial charge in [0.15, 0.2) is 0 Å². The molecule has 1 aromatic carbocycles. The molecule has 2 fully saturated rings. The molecule has 3 rings (SSSR count). The monoisotopic (exact) mass is 277 g/mol. The molecule has 0 unspecified atom stereocenters. The first-order valence-corrected chi connectivity index (χ1v) is 7.41. The molecule has 1 amide bonds. The standard InChI is InChI=1S/C16H20FNO2/c17-13-8-6-11(7-9-13)15(14-5-2-10-20-14)18-16(19)12-3-1-4-12/h6-9,12,14-15H,1-5,10H2,(H,18,19)/t14-,15-/m0/s1. The van der Waals surface area contributed by atoms with E-state index in [1.54, 1.807) is 12.1 Å². The summed E-state index contributed by atoms with van der Waals surface area (Å²) in [6.45, 7) is 0.738. The van der Waals surface area contributed by atoms with Gasteiger partial charge in [-0.25, -0.2) is 4.39 Å². The van der Waals surface area contributed by atoms with Crippen LogP contribution in [0, 0.1) is 11.7 Å². The maximum absolute atomic E-state index is 13.1. The quantitative estimate of drug-likeness (QED) is 0.919. The molecule has 1 aromatic rings. The SMILES string of the molecule is O=C(N[C@@H](c1ccc(F)cc1)[C@@H]1CCCO1)C1CCC1. The average molecular weight is 277 g/mol. The van der Waals surface area contributed by atoms with Crippen LogP contribution in [0.3, 0.4) is 0 Å². The molecule has 1 saturated heterocycles. The van der Waals surface area contributed by atoms with Crippen LogP contribution in [0.2, 0.25) is 0 Å². The minimum atomic E-state index is -0.259. The van der Waals surface area contributed by atoms with E-state index in [0.717, 1.165) is 44.3 Å². The van der Waals surface area contributed by atoms with Gasteiger partial charge in [0, 0.05) is 12.5 Å². The topological polar surface area (TPSA) is 38.3 Å². The second-order valence-electron chi connectivity index (χ2n) is 5.72. The number of carbonyl (C=O) groups is 1. The number of ether oxygens (including phenoxy) is 1. The normalized spacial score (nSPS) is 24.1. The molecule has 3 nitrogen and oxygen atoms in total. The number of rotatable bonds is 4. The van der Waals surface area contributed by atoms with Crippen molar-refractivity contribution < 1.29 is 13.9 Å². The number of benzene rings is 1. The predicted octanol–water partition coefficient (Wildman–Crippen LogP) is 2.96. The third-order valence-corrected chi connectivity index (χ3v) is 4.34. The first-order chi connectivity index (χ1) is 9.74. The Bertz CT molecular complexity index is 464. The molecule has 0 radical (unpaired) electrons. The molecule has 1 aliphatic heterocycles. The third-order valence-electron chi connectivity index (χ3n) is 4.34. The fourth-order valence-corrected chi connectivity index (χ4v) is 2.87. The highest BCUT2D eigenvalue weighted by Crippen LogP contribution is 2.30. The van der Waals surface area contributed by atoms with Crippen LogP contribution in [0.1, 0.15) is 43.7 Å². The highest BCUT2D eigenvalue weighted by atomic mass is 19.1. The summed E-state index contributed by atoms with van der Waals surface area (Å²) in [5, 5.41) is 3.11. The molecule has 1 heterocycles. The second-order valence-corrected chi connectivity index (χ2v) is 5.72. The van der Waals surface area contributed by atoms with Gasteiger partial charge >= 0.3 is 0 Å². The van der Waals surface area contributed by atoms with Crippen LogP contribution in [0.15, 0.2) is 24.3 Å². The van der Waals surface area contributed by atoms with Gasteiger partial charge in [0.2, 0.25) is 5.91 Å². The van der Waals surface area contributed by atoms with E-state index >= 15 is 0 Å². The molecule has 2 atom stereocenters. The number of hydrogen-bond acceptors (Lipinski definition) is 2. The highest BCUT2D eigenvalue weighted by Gasteiger charge is 2.32. The lowest BCUT2D eigenvalue weighted by Gasteiger charge is -2.30. The number of nitrogens with one attached hydrogen (secondary N) is 1. The van der Waals surface area contributed by atoms with Crippen LogP contribution in [0.25, 0.3) is 0 Å². The van der Waals surface area contributed by atoms with Gasteiger partial charge in [-0.05, 0) is 43.4 Å². The van der Waals surface area contributed by atoms with Gasteiger partial charge in [-0.1, -0.05) is 18.6 Å². The summed E-state index contributed by atoms with van der Waals surface area (Å²) in [6.07, 6.45) is 5.05. The fourth-order valence-electron chi connectivity index (χ4n) is 2.87. The molecule has 1 saturated carbocycles. The summed E-state index contributed by atoms with van der Waals surface area (Å²) in [6, 6.07) is 6.19. The first kappa shape index (κ1) is 13.6. The van der Waals surface area contributed by atoms with E-state index in [1.165, 1.54) is 12.1 Å².